The monoisotopic (exact) mass is 361 g/mol. The van der Waals surface area contributed by atoms with Gasteiger partial charge in [0.05, 0.1) is 5.56 Å². The molecular weight excluding hydrogens is 347 g/mol. The number of carbonyl (C=O) groups is 1. The van der Waals surface area contributed by atoms with Crippen LogP contribution in [0.2, 0.25) is 0 Å². The Kier molecular flexibility index (Phi) is 5.31. The van der Waals surface area contributed by atoms with Crippen LogP contribution in [0.3, 0.4) is 0 Å². The first-order valence-electron chi connectivity index (χ1n) is 7.86. The molecule has 26 heavy (non-hydrogen) atoms. The standard InChI is InChI=1S/C18H14F3N3O2/c19-13-9-8-12(15(20)16(13)21)18(25)22-10-4-7-14-23-17(24-26-14)11-5-2-1-3-6-11/h1-3,5-6,8-9H,4,7,10H2,(H,22,25). The maximum Gasteiger partial charge on any atom is 0.254 e. The zero-order valence-corrected chi connectivity index (χ0v) is 13.5. The van der Waals surface area contributed by atoms with Crippen LogP contribution in [-0.2, 0) is 6.42 Å². The quantitative estimate of drug-likeness (QED) is 0.539. The zero-order chi connectivity index (χ0) is 18.5. The molecule has 0 aliphatic carbocycles. The van der Waals surface area contributed by atoms with E-state index in [1.807, 2.05) is 30.3 Å². The van der Waals surface area contributed by atoms with Crippen LogP contribution in [0.25, 0.3) is 11.4 Å². The van der Waals surface area contributed by atoms with E-state index in [9.17, 15) is 18.0 Å². The summed E-state index contributed by atoms with van der Waals surface area (Å²) in [5.41, 5.74) is 0.276. The molecule has 5 nitrogen and oxygen atoms in total. The maximum absolute atomic E-state index is 13.5. The Labute approximate surface area is 146 Å². The van der Waals surface area contributed by atoms with Gasteiger partial charge in [-0.25, -0.2) is 13.2 Å². The highest BCUT2D eigenvalue weighted by Gasteiger charge is 2.18. The van der Waals surface area contributed by atoms with Crippen molar-refractivity contribution in [3.63, 3.8) is 0 Å². The summed E-state index contributed by atoms with van der Waals surface area (Å²) in [5.74, 6) is -4.48. The fraction of sp³-hybridized carbons (Fsp3) is 0.167. The molecule has 0 saturated heterocycles. The van der Waals surface area contributed by atoms with Gasteiger partial charge in [-0.05, 0) is 18.6 Å². The van der Waals surface area contributed by atoms with Crippen molar-refractivity contribution >= 4 is 5.91 Å². The van der Waals surface area contributed by atoms with Gasteiger partial charge in [-0.2, -0.15) is 4.98 Å². The highest BCUT2D eigenvalue weighted by molar-refractivity contribution is 5.94. The van der Waals surface area contributed by atoms with Gasteiger partial charge in [-0.1, -0.05) is 35.5 Å². The summed E-state index contributed by atoms with van der Waals surface area (Å²) in [5, 5.41) is 6.31. The smallest absolute Gasteiger partial charge is 0.254 e. The van der Waals surface area contributed by atoms with Crippen LogP contribution in [0.4, 0.5) is 13.2 Å². The Morgan fingerprint density at radius 1 is 1.04 bits per heavy atom. The SMILES string of the molecule is O=C(NCCCc1nc(-c2ccccc2)no1)c1ccc(F)c(F)c1F. The Morgan fingerprint density at radius 2 is 1.81 bits per heavy atom. The van der Waals surface area contributed by atoms with Crippen LogP contribution in [0.15, 0.2) is 47.0 Å². The number of hydrogen-bond donors (Lipinski definition) is 1. The number of carbonyl (C=O) groups excluding carboxylic acids is 1. The third kappa shape index (κ3) is 3.90. The fourth-order valence-electron chi connectivity index (χ4n) is 2.30. The van der Waals surface area contributed by atoms with Crippen molar-refractivity contribution in [2.45, 2.75) is 12.8 Å². The lowest BCUT2D eigenvalue weighted by Gasteiger charge is -2.06. The second kappa shape index (κ2) is 7.81. The number of aromatic nitrogens is 2. The van der Waals surface area contributed by atoms with Crippen molar-refractivity contribution < 1.29 is 22.5 Å². The first kappa shape index (κ1) is 17.7. The first-order valence-corrected chi connectivity index (χ1v) is 7.86. The number of aryl methyl sites for hydroxylation is 1. The van der Waals surface area contributed by atoms with E-state index in [0.717, 1.165) is 11.6 Å². The third-order valence-corrected chi connectivity index (χ3v) is 3.63. The number of halogens is 3. The molecule has 2 aromatic carbocycles. The van der Waals surface area contributed by atoms with Crippen LogP contribution in [-0.4, -0.2) is 22.6 Å². The number of benzene rings is 2. The van der Waals surface area contributed by atoms with E-state index in [0.29, 0.717) is 30.6 Å². The molecule has 3 aromatic rings. The van der Waals surface area contributed by atoms with Gasteiger partial charge in [0, 0.05) is 18.5 Å². The van der Waals surface area contributed by atoms with E-state index < -0.39 is 28.9 Å². The summed E-state index contributed by atoms with van der Waals surface area (Å²) in [4.78, 5) is 16.1. The van der Waals surface area contributed by atoms with Gasteiger partial charge in [-0.3, -0.25) is 4.79 Å². The molecular formula is C18H14F3N3O2. The topological polar surface area (TPSA) is 68.0 Å². The summed E-state index contributed by atoms with van der Waals surface area (Å²) >= 11 is 0. The molecule has 1 N–H and O–H groups in total. The van der Waals surface area contributed by atoms with Crippen molar-refractivity contribution in [3.8, 4) is 11.4 Å². The van der Waals surface area contributed by atoms with E-state index in [1.54, 1.807) is 0 Å². The summed E-state index contributed by atoms with van der Waals surface area (Å²) in [6.07, 6.45) is 0.855. The molecule has 0 aliphatic heterocycles. The Morgan fingerprint density at radius 3 is 2.58 bits per heavy atom. The first-order chi connectivity index (χ1) is 12.6. The van der Waals surface area contributed by atoms with Crippen molar-refractivity contribution in [2.24, 2.45) is 0 Å². The molecule has 0 fully saturated rings. The summed E-state index contributed by atoms with van der Waals surface area (Å²) in [6.45, 7) is 0.181. The van der Waals surface area contributed by atoms with Gasteiger partial charge in [0.2, 0.25) is 11.7 Å². The van der Waals surface area contributed by atoms with Crippen LogP contribution in [0, 0.1) is 17.5 Å². The normalized spacial score (nSPS) is 10.7. The molecule has 8 heteroatoms. The van der Waals surface area contributed by atoms with Crippen molar-refractivity contribution in [1.29, 1.82) is 0 Å². The van der Waals surface area contributed by atoms with Crippen LogP contribution in [0.5, 0.6) is 0 Å². The second-order valence-corrected chi connectivity index (χ2v) is 5.46. The zero-order valence-electron chi connectivity index (χ0n) is 13.5. The second-order valence-electron chi connectivity index (χ2n) is 5.46. The predicted octanol–water partition coefficient (Wildman–Crippen LogP) is 3.52. The summed E-state index contributed by atoms with van der Waals surface area (Å²) < 4.78 is 44.7. The van der Waals surface area contributed by atoms with Gasteiger partial charge in [0.15, 0.2) is 17.5 Å². The number of amides is 1. The van der Waals surface area contributed by atoms with Crippen LogP contribution >= 0.6 is 0 Å². The van der Waals surface area contributed by atoms with Gasteiger partial charge < -0.3 is 9.84 Å². The number of rotatable bonds is 6. The average Bonchev–Trinajstić information content (AvgIpc) is 3.13. The van der Waals surface area contributed by atoms with Crippen LogP contribution in [0.1, 0.15) is 22.7 Å². The Hall–Kier alpha value is -3.16. The maximum atomic E-state index is 13.5. The van der Waals surface area contributed by atoms with Gasteiger partial charge in [0.1, 0.15) is 0 Å². The molecule has 134 valence electrons. The minimum Gasteiger partial charge on any atom is -0.352 e. The summed E-state index contributed by atoms with van der Waals surface area (Å²) in [6, 6.07) is 10.9. The number of hydrogen-bond acceptors (Lipinski definition) is 4. The highest BCUT2D eigenvalue weighted by Crippen LogP contribution is 2.16. The van der Waals surface area contributed by atoms with E-state index in [1.165, 1.54) is 0 Å². The molecule has 0 bridgehead atoms. The van der Waals surface area contributed by atoms with E-state index >= 15 is 0 Å². The molecule has 0 saturated carbocycles. The number of nitrogens with one attached hydrogen (secondary N) is 1. The van der Waals surface area contributed by atoms with Gasteiger partial charge >= 0.3 is 0 Å². The average molecular weight is 361 g/mol. The molecule has 1 amide bonds. The van der Waals surface area contributed by atoms with E-state index in [2.05, 4.69) is 15.5 Å². The minimum atomic E-state index is -1.67. The lowest BCUT2D eigenvalue weighted by Crippen LogP contribution is -2.26. The summed E-state index contributed by atoms with van der Waals surface area (Å²) in [7, 11) is 0. The lowest BCUT2D eigenvalue weighted by molar-refractivity contribution is 0.0947. The molecule has 1 aromatic heterocycles. The Balaban J connectivity index is 1.51. The fourth-order valence-corrected chi connectivity index (χ4v) is 2.30. The number of nitrogens with zero attached hydrogens (tertiary/aromatic N) is 2. The minimum absolute atomic E-state index is 0.181. The predicted molar refractivity (Wildman–Crippen MR) is 86.7 cm³/mol. The molecule has 0 radical (unpaired) electrons. The van der Waals surface area contributed by atoms with Gasteiger partial charge in [0.25, 0.3) is 5.91 Å². The van der Waals surface area contributed by atoms with E-state index in [4.69, 9.17) is 4.52 Å². The van der Waals surface area contributed by atoms with Crippen molar-refractivity contribution in [2.75, 3.05) is 6.54 Å². The third-order valence-electron chi connectivity index (χ3n) is 3.63. The highest BCUT2D eigenvalue weighted by atomic mass is 19.2. The molecule has 0 aliphatic rings. The van der Waals surface area contributed by atoms with Crippen molar-refractivity contribution in [1.82, 2.24) is 15.5 Å². The molecule has 0 spiro atoms. The van der Waals surface area contributed by atoms with E-state index in [-0.39, 0.29) is 6.54 Å². The largest absolute Gasteiger partial charge is 0.352 e. The van der Waals surface area contributed by atoms with Crippen molar-refractivity contribution in [3.05, 3.63) is 71.4 Å². The van der Waals surface area contributed by atoms with Crippen LogP contribution < -0.4 is 5.32 Å². The molecule has 0 unspecified atom stereocenters. The molecule has 1 heterocycles. The Bertz CT molecular complexity index is 913. The molecule has 0 atom stereocenters. The molecule has 3 rings (SSSR count). The lowest BCUT2D eigenvalue weighted by atomic mass is 10.2. The van der Waals surface area contributed by atoms with Gasteiger partial charge in [-0.15, -0.1) is 0 Å².